The second-order valence-corrected chi connectivity index (χ2v) is 7.80. The third-order valence-electron chi connectivity index (χ3n) is 5.98. The lowest BCUT2D eigenvalue weighted by Gasteiger charge is -2.39. The molecule has 1 atom stereocenters. The van der Waals surface area contributed by atoms with Gasteiger partial charge in [0.25, 0.3) is 11.5 Å². The number of hydrogen-bond acceptors (Lipinski definition) is 6. The van der Waals surface area contributed by atoms with E-state index in [9.17, 15) is 14.0 Å². The molecule has 1 aliphatic rings. The smallest absolute Gasteiger partial charge is 0.270 e. The van der Waals surface area contributed by atoms with Crippen LogP contribution in [0, 0.1) is 11.8 Å². The third-order valence-corrected chi connectivity index (χ3v) is 5.98. The quantitative estimate of drug-likeness (QED) is 0.586. The average Bonchev–Trinajstić information content (AvgIpc) is 2.79. The van der Waals surface area contributed by atoms with Crippen LogP contribution in [0.2, 0.25) is 0 Å². The van der Waals surface area contributed by atoms with Gasteiger partial charge in [-0.05, 0) is 31.5 Å². The van der Waals surface area contributed by atoms with Gasteiger partial charge in [0.2, 0.25) is 5.95 Å². The van der Waals surface area contributed by atoms with Crippen LogP contribution in [0.15, 0.2) is 29.1 Å². The largest absolute Gasteiger partial charge is 0.365 e. The number of H-pyrrole nitrogens is 1. The molecule has 1 aliphatic heterocycles. The van der Waals surface area contributed by atoms with Crippen molar-refractivity contribution >= 4 is 22.6 Å². The zero-order valence-electron chi connectivity index (χ0n) is 17.9. The standard InChI is InChI=1S/C22H24F2N6O2/c1-3-14-22(32)28-19-15(26-14)5-4-13(18(19)23)12(2)29-8-10-30(11-9-29)17-7-6-16(21(25)31)27-20(17)24/h4-7,12H,3,8-11H2,1-2H3,(H2,25,31)(H,28,32). The molecule has 1 saturated heterocycles. The summed E-state index contributed by atoms with van der Waals surface area (Å²) in [6.45, 7) is 5.87. The minimum absolute atomic E-state index is 0.109. The van der Waals surface area contributed by atoms with Gasteiger partial charge in [0.1, 0.15) is 16.9 Å². The highest BCUT2D eigenvalue weighted by Crippen LogP contribution is 2.29. The number of nitrogens with one attached hydrogen (secondary N) is 1. The molecule has 0 saturated carbocycles. The van der Waals surface area contributed by atoms with Crippen LogP contribution in [-0.2, 0) is 6.42 Å². The number of hydrogen-bond donors (Lipinski definition) is 2. The van der Waals surface area contributed by atoms with Gasteiger partial charge in [-0.15, -0.1) is 0 Å². The number of primary amides is 1. The fraction of sp³-hybridized carbons (Fsp3) is 0.364. The molecule has 8 nitrogen and oxygen atoms in total. The molecule has 4 rings (SSSR count). The Morgan fingerprint density at radius 2 is 1.88 bits per heavy atom. The van der Waals surface area contributed by atoms with Crippen molar-refractivity contribution in [2.24, 2.45) is 5.73 Å². The minimum atomic E-state index is -0.783. The van der Waals surface area contributed by atoms with Crippen LogP contribution in [0.4, 0.5) is 14.5 Å². The predicted octanol–water partition coefficient (Wildman–Crippen LogP) is 2.14. The molecule has 0 aliphatic carbocycles. The molecule has 0 spiro atoms. The third kappa shape index (κ3) is 3.93. The summed E-state index contributed by atoms with van der Waals surface area (Å²) in [4.78, 5) is 37.7. The Kier molecular flexibility index (Phi) is 5.88. The van der Waals surface area contributed by atoms with Gasteiger partial charge in [0, 0.05) is 37.8 Å². The van der Waals surface area contributed by atoms with E-state index in [2.05, 4.69) is 19.9 Å². The molecule has 1 amide bonds. The number of pyridine rings is 1. The molecule has 3 heterocycles. The van der Waals surface area contributed by atoms with E-state index in [1.165, 1.54) is 12.1 Å². The molecule has 1 aromatic carbocycles. The number of benzene rings is 1. The summed E-state index contributed by atoms with van der Waals surface area (Å²) in [6, 6.07) is 6.07. The summed E-state index contributed by atoms with van der Waals surface area (Å²) in [5, 5.41) is 0. The molecule has 3 N–H and O–H groups in total. The number of nitrogens with zero attached hydrogens (tertiary/aromatic N) is 4. The molecule has 2 aromatic heterocycles. The van der Waals surface area contributed by atoms with Crippen molar-refractivity contribution in [3.05, 3.63) is 63.3 Å². The van der Waals surface area contributed by atoms with Crippen LogP contribution >= 0.6 is 0 Å². The van der Waals surface area contributed by atoms with Crippen LogP contribution in [-0.4, -0.2) is 51.9 Å². The summed E-state index contributed by atoms with van der Waals surface area (Å²) in [7, 11) is 0. The molecule has 0 bridgehead atoms. The number of halogens is 2. The van der Waals surface area contributed by atoms with Gasteiger partial charge in [-0.2, -0.15) is 4.39 Å². The van der Waals surface area contributed by atoms with Crippen molar-refractivity contribution in [1.82, 2.24) is 19.9 Å². The molecular formula is C22H24F2N6O2. The molecule has 3 aromatic rings. The molecule has 10 heteroatoms. The number of piperazine rings is 1. The second-order valence-electron chi connectivity index (χ2n) is 7.80. The van der Waals surface area contributed by atoms with Gasteiger partial charge >= 0.3 is 0 Å². The molecule has 168 valence electrons. The molecular weight excluding hydrogens is 418 g/mol. The molecule has 32 heavy (non-hydrogen) atoms. The van der Waals surface area contributed by atoms with Gasteiger partial charge in [0.15, 0.2) is 5.82 Å². The van der Waals surface area contributed by atoms with Crippen LogP contribution in [0.3, 0.4) is 0 Å². The van der Waals surface area contributed by atoms with Gasteiger partial charge in [-0.1, -0.05) is 13.0 Å². The maximum absolute atomic E-state index is 15.2. The van der Waals surface area contributed by atoms with E-state index in [1.54, 1.807) is 12.1 Å². The minimum Gasteiger partial charge on any atom is -0.365 e. The van der Waals surface area contributed by atoms with Crippen molar-refractivity contribution < 1.29 is 13.6 Å². The first kappa shape index (κ1) is 21.8. The van der Waals surface area contributed by atoms with Crippen molar-refractivity contribution in [2.45, 2.75) is 26.3 Å². The number of rotatable bonds is 5. The van der Waals surface area contributed by atoms with E-state index < -0.39 is 17.7 Å². The highest BCUT2D eigenvalue weighted by atomic mass is 19.1. The second kappa shape index (κ2) is 8.62. The number of carbonyl (C=O) groups excluding carboxylic acids is 1. The number of aromatic amines is 1. The van der Waals surface area contributed by atoms with Gasteiger partial charge in [0.05, 0.1) is 11.2 Å². The topological polar surface area (TPSA) is 108 Å². The monoisotopic (exact) mass is 442 g/mol. The predicted molar refractivity (Wildman–Crippen MR) is 117 cm³/mol. The van der Waals surface area contributed by atoms with Crippen molar-refractivity contribution in [2.75, 3.05) is 31.1 Å². The lowest BCUT2D eigenvalue weighted by atomic mass is 10.0. The van der Waals surface area contributed by atoms with Gasteiger partial charge in [-0.3, -0.25) is 14.5 Å². The van der Waals surface area contributed by atoms with Crippen molar-refractivity contribution in [1.29, 1.82) is 0 Å². The Morgan fingerprint density at radius 3 is 2.50 bits per heavy atom. The summed E-state index contributed by atoms with van der Waals surface area (Å²) in [5.74, 6) is -2.01. The zero-order chi connectivity index (χ0) is 23.0. The Balaban J connectivity index is 1.52. The molecule has 0 radical (unpaired) electrons. The lowest BCUT2D eigenvalue weighted by molar-refractivity contribution is 0.0994. The highest BCUT2D eigenvalue weighted by molar-refractivity contribution is 5.90. The SMILES string of the molecule is CCc1nc2ccc(C(C)N3CCN(c4ccc(C(N)=O)nc4F)CC3)c(F)c2[nH]c1=O. The van der Waals surface area contributed by atoms with E-state index >= 15 is 4.39 Å². The summed E-state index contributed by atoms with van der Waals surface area (Å²) in [5.41, 5.74) is 6.31. The normalized spacial score (nSPS) is 15.8. The number of aryl methyl sites for hydroxylation is 1. The Morgan fingerprint density at radius 1 is 1.16 bits per heavy atom. The van der Waals surface area contributed by atoms with E-state index in [0.717, 1.165) is 0 Å². The van der Waals surface area contributed by atoms with Crippen molar-refractivity contribution in [3.8, 4) is 0 Å². The Labute approximate surface area is 183 Å². The number of nitrogens with two attached hydrogens (primary N) is 1. The zero-order valence-corrected chi connectivity index (χ0v) is 17.9. The number of aromatic nitrogens is 3. The maximum atomic E-state index is 15.2. The van der Waals surface area contributed by atoms with Crippen LogP contribution < -0.4 is 16.2 Å². The first-order chi connectivity index (χ1) is 15.3. The lowest BCUT2D eigenvalue weighted by Crippen LogP contribution is -2.47. The van der Waals surface area contributed by atoms with Gasteiger partial charge in [-0.25, -0.2) is 14.4 Å². The Bertz CT molecular complexity index is 1240. The number of carbonyl (C=O) groups is 1. The summed E-state index contributed by atoms with van der Waals surface area (Å²) in [6.07, 6.45) is 0.469. The first-order valence-corrected chi connectivity index (χ1v) is 10.5. The number of amides is 1. The number of fused-ring (bicyclic) bond motifs is 1. The van der Waals surface area contributed by atoms with E-state index in [-0.39, 0.29) is 22.8 Å². The Hall–Kier alpha value is -3.40. The fourth-order valence-electron chi connectivity index (χ4n) is 4.09. The number of anilines is 1. The van der Waals surface area contributed by atoms with Crippen molar-refractivity contribution in [3.63, 3.8) is 0 Å². The van der Waals surface area contributed by atoms with Gasteiger partial charge < -0.3 is 15.6 Å². The first-order valence-electron chi connectivity index (χ1n) is 10.5. The van der Waals surface area contributed by atoms with Crippen LogP contribution in [0.25, 0.3) is 11.0 Å². The molecule has 1 fully saturated rings. The summed E-state index contributed by atoms with van der Waals surface area (Å²) >= 11 is 0. The van der Waals surface area contributed by atoms with E-state index in [0.29, 0.717) is 55.1 Å². The average molecular weight is 442 g/mol. The maximum Gasteiger partial charge on any atom is 0.270 e. The highest BCUT2D eigenvalue weighted by Gasteiger charge is 2.26. The fourth-order valence-corrected chi connectivity index (χ4v) is 4.09. The van der Waals surface area contributed by atoms with Crippen LogP contribution in [0.5, 0.6) is 0 Å². The summed E-state index contributed by atoms with van der Waals surface area (Å²) < 4.78 is 29.6. The molecule has 1 unspecified atom stereocenters. The van der Waals surface area contributed by atoms with Crippen LogP contribution in [0.1, 0.15) is 41.6 Å². The van der Waals surface area contributed by atoms with E-state index in [4.69, 9.17) is 5.73 Å². The van der Waals surface area contributed by atoms with E-state index in [1.807, 2.05) is 18.7 Å².